The van der Waals surface area contributed by atoms with E-state index in [1.54, 1.807) is 73.3 Å². The fourth-order valence-electron chi connectivity index (χ4n) is 6.48. The smallest absolute Gasteiger partial charge is 0.268 e. The van der Waals surface area contributed by atoms with Crippen LogP contribution >= 0.6 is 0 Å². The second kappa shape index (κ2) is 10.4. The van der Waals surface area contributed by atoms with Gasteiger partial charge in [0.05, 0.1) is 51.7 Å². The first-order chi connectivity index (χ1) is 22.6. The molecule has 8 nitrogen and oxygen atoms in total. The molecule has 4 aromatic carbocycles. The molecule has 1 aliphatic rings. The summed E-state index contributed by atoms with van der Waals surface area (Å²) in [6.07, 6.45) is 6.53. The van der Waals surface area contributed by atoms with Gasteiger partial charge in [-0.3, -0.25) is 19.6 Å². The zero-order valence-corrected chi connectivity index (χ0v) is 24.0. The molecule has 0 fully saturated rings. The molecule has 0 atom stereocenters. The summed E-state index contributed by atoms with van der Waals surface area (Å²) in [5, 5.41) is 11.7. The maximum absolute atomic E-state index is 14.1. The molecule has 0 saturated carbocycles. The molecule has 0 unspecified atom stereocenters. The van der Waals surface area contributed by atoms with Crippen LogP contribution in [0.4, 0.5) is 11.4 Å². The molecule has 0 N–H and O–H groups in total. The molecule has 3 aromatic heterocycles. The first-order valence-electron chi connectivity index (χ1n) is 14.4. The van der Waals surface area contributed by atoms with Gasteiger partial charge < -0.3 is 4.57 Å². The number of para-hydroxylation sites is 1. The number of nitrogens with zero attached hydrogens (tertiary/aromatic N) is 6. The molecule has 8 rings (SSSR count). The van der Waals surface area contributed by atoms with Crippen LogP contribution in [0, 0.1) is 17.9 Å². The normalized spacial score (nSPS) is 12.3. The fraction of sp³-hybridized carbons (Fsp3) is 0. The summed E-state index contributed by atoms with van der Waals surface area (Å²) in [4.78, 5) is 41.5. The molecule has 0 aliphatic carbocycles. The number of carbonyl (C=O) groups excluding carboxylic acids is 2. The number of pyridine rings is 2. The third-order valence-corrected chi connectivity index (χ3v) is 8.41. The number of carbonyl (C=O) groups is 2. The summed E-state index contributed by atoms with van der Waals surface area (Å²) in [5.74, 6) is -0.799. The van der Waals surface area contributed by atoms with Crippen LogP contribution in [0.2, 0.25) is 0 Å². The lowest BCUT2D eigenvalue weighted by molar-refractivity contribution is 0.0926. The van der Waals surface area contributed by atoms with E-state index < -0.39 is 5.91 Å². The Bertz CT molecular complexity index is 2390. The molecule has 8 heteroatoms. The molecule has 46 heavy (non-hydrogen) atoms. The standard InChI is InChI=1S/C38H20N6O2/c1-40-30-17-19-42-22-29(30)26-11-6-14-32-35(26)34-25(28-21-41-18-16-23(28)20-39)10-5-13-31(34)44(32)33-15-7-12-27-36(33)38(46)43(37(27)45)24-8-3-2-4-9-24/h2-19,21-22H. The van der Waals surface area contributed by atoms with Crippen LogP contribution in [0.5, 0.6) is 0 Å². The molecule has 4 heterocycles. The zero-order chi connectivity index (χ0) is 31.4. The average molecular weight is 593 g/mol. The molecule has 0 radical (unpaired) electrons. The van der Waals surface area contributed by atoms with Crippen molar-refractivity contribution in [1.82, 2.24) is 14.5 Å². The van der Waals surface area contributed by atoms with Gasteiger partial charge in [-0.05, 0) is 59.7 Å². The number of imide groups is 1. The highest BCUT2D eigenvalue weighted by Crippen LogP contribution is 2.46. The number of rotatable bonds is 4. The second-order valence-electron chi connectivity index (χ2n) is 10.8. The number of nitriles is 1. The summed E-state index contributed by atoms with van der Waals surface area (Å²) in [6.45, 7) is 7.86. The van der Waals surface area contributed by atoms with Crippen molar-refractivity contribution in [3.05, 3.63) is 150 Å². The molecular weight excluding hydrogens is 572 g/mol. The van der Waals surface area contributed by atoms with Crippen LogP contribution in [0.3, 0.4) is 0 Å². The highest BCUT2D eigenvalue weighted by atomic mass is 16.2. The van der Waals surface area contributed by atoms with Crippen molar-refractivity contribution < 1.29 is 9.59 Å². The van der Waals surface area contributed by atoms with Gasteiger partial charge in [0.1, 0.15) is 0 Å². The van der Waals surface area contributed by atoms with Crippen LogP contribution in [-0.4, -0.2) is 26.3 Å². The van der Waals surface area contributed by atoms with Crippen molar-refractivity contribution in [2.24, 2.45) is 0 Å². The van der Waals surface area contributed by atoms with E-state index >= 15 is 0 Å². The molecule has 0 spiro atoms. The van der Waals surface area contributed by atoms with Crippen LogP contribution < -0.4 is 4.90 Å². The number of benzene rings is 4. The zero-order valence-electron chi connectivity index (χ0n) is 24.0. The van der Waals surface area contributed by atoms with E-state index in [0.717, 1.165) is 32.9 Å². The van der Waals surface area contributed by atoms with Gasteiger partial charge in [0.25, 0.3) is 11.8 Å². The molecule has 2 amide bonds. The Morgan fingerprint density at radius 1 is 0.652 bits per heavy atom. The number of hydrogen-bond acceptors (Lipinski definition) is 5. The van der Waals surface area contributed by atoms with Gasteiger partial charge in [-0.15, -0.1) is 0 Å². The molecule has 214 valence electrons. The lowest BCUT2D eigenvalue weighted by Gasteiger charge is -2.14. The van der Waals surface area contributed by atoms with E-state index in [-0.39, 0.29) is 5.91 Å². The fourth-order valence-corrected chi connectivity index (χ4v) is 6.48. The van der Waals surface area contributed by atoms with Gasteiger partial charge in [-0.2, -0.15) is 5.26 Å². The van der Waals surface area contributed by atoms with Gasteiger partial charge in [-0.25, -0.2) is 9.74 Å². The van der Waals surface area contributed by atoms with Crippen LogP contribution in [0.15, 0.2) is 122 Å². The van der Waals surface area contributed by atoms with Crippen LogP contribution in [-0.2, 0) is 0 Å². The van der Waals surface area contributed by atoms with Gasteiger partial charge in [-0.1, -0.05) is 48.5 Å². The summed E-state index contributed by atoms with van der Waals surface area (Å²) in [5.41, 5.74) is 6.93. The van der Waals surface area contributed by atoms with Gasteiger partial charge >= 0.3 is 0 Å². The predicted octanol–water partition coefficient (Wildman–Crippen LogP) is 8.13. The SMILES string of the molecule is [C-]#[N+]c1ccncc1-c1cccc2c1c1c(-c3cnccc3C#N)cccc1n2-c1cccc2c1C(=O)N(c1ccccc1)C2=O. The average Bonchev–Trinajstić information content (AvgIpc) is 3.59. The van der Waals surface area contributed by atoms with Crippen molar-refractivity contribution in [2.75, 3.05) is 4.90 Å². The highest BCUT2D eigenvalue weighted by Gasteiger charge is 2.39. The summed E-state index contributed by atoms with van der Waals surface area (Å²) in [6, 6.07) is 31.5. The van der Waals surface area contributed by atoms with E-state index in [2.05, 4.69) is 20.9 Å². The Morgan fingerprint density at radius 2 is 1.28 bits per heavy atom. The minimum Gasteiger partial charge on any atom is -0.308 e. The Morgan fingerprint density at radius 3 is 1.98 bits per heavy atom. The maximum Gasteiger partial charge on any atom is 0.268 e. The number of aromatic nitrogens is 3. The largest absolute Gasteiger partial charge is 0.308 e. The Hall–Kier alpha value is -6.90. The molecule has 7 aromatic rings. The lowest BCUT2D eigenvalue weighted by Crippen LogP contribution is -2.29. The van der Waals surface area contributed by atoms with E-state index in [0.29, 0.717) is 44.9 Å². The number of amides is 2. The highest BCUT2D eigenvalue weighted by molar-refractivity contribution is 6.36. The second-order valence-corrected chi connectivity index (χ2v) is 10.8. The van der Waals surface area contributed by atoms with Crippen molar-refractivity contribution in [3.8, 4) is 34.0 Å². The molecular formula is C38H20N6O2. The topological polar surface area (TPSA) is 96.2 Å². The lowest BCUT2D eigenvalue weighted by atomic mass is 9.94. The first kappa shape index (κ1) is 26.7. The monoisotopic (exact) mass is 592 g/mol. The Balaban J connectivity index is 1.51. The van der Waals surface area contributed by atoms with Crippen molar-refractivity contribution in [1.29, 1.82) is 5.26 Å². The minimum absolute atomic E-state index is 0.299. The quantitative estimate of drug-likeness (QED) is 0.152. The van der Waals surface area contributed by atoms with Gasteiger partial charge in [0, 0.05) is 46.7 Å². The summed E-state index contributed by atoms with van der Waals surface area (Å²) >= 11 is 0. The molecule has 0 saturated heterocycles. The van der Waals surface area contributed by atoms with Crippen LogP contribution in [0.1, 0.15) is 26.3 Å². The van der Waals surface area contributed by atoms with Crippen molar-refractivity contribution >= 4 is 45.0 Å². The maximum atomic E-state index is 14.1. The van der Waals surface area contributed by atoms with E-state index in [4.69, 9.17) is 6.57 Å². The van der Waals surface area contributed by atoms with Gasteiger partial charge in [0.2, 0.25) is 0 Å². The van der Waals surface area contributed by atoms with E-state index in [9.17, 15) is 14.9 Å². The third-order valence-electron chi connectivity index (χ3n) is 8.41. The van der Waals surface area contributed by atoms with Crippen molar-refractivity contribution in [2.45, 2.75) is 0 Å². The molecule has 0 bridgehead atoms. The Kier molecular flexibility index (Phi) is 6.02. The van der Waals surface area contributed by atoms with E-state index in [1.165, 1.54) is 4.90 Å². The molecule has 1 aliphatic heterocycles. The number of anilines is 1. The van der Waals surface area contributed by atoms with Gasteiger partial charge in [0.15, 0.2) is 5.69 Å². The minimum atomic E-state index is -0.411. The number of hydrogen-bond donors (Lipinski definition) is 0. The van der Waals surface area contributed by atoms with Crippen LogP contribution in [0.25, 0.3) is 54.6 Å². The Labute approximate surface area is 262 Å². The summed E-state index contributed by atoms with van der Waals surface area (Å²) in [7, 11) is 0. The first-order valence-corrected chi connectivity index (χ1v) is 14.4. The third kappa shape index (κ3) is 3.78. The predicted molar refractivity (Wildman–Crippen MR) is 176 cm³/mol. The van der Waals surface area contributed by atoms with E-state index in [1.807, 2.05) is 53.1 Å². The van der Waals surface area contributed by atoms with Crippen molar-refractivity contribution in [3.63, 3.8) is 0 Å². The number of fused-ring (bicyclic) bond motifs is 4. The summed E-state index contributed by atoms with van der Waals surface area (Å²) < 4.78 is 1.99.